The molecule has 2 aromatic carbocycles. The Bertz CT molecular complexity index is 1460. The monoisotopic (exact) mass is 504 g/mol. The lowest BCUT2D eigenvalue weighted by Gasteiger charge is -2.25. The second kappa shape index (κ2) is 8.76. The van der Waals surface area contributed by atoms with Crippen molar-refractivity contribution in [3.05, 3.63) is 66.4 Å². The summed E-state index contributed by atoms with van der Waals surface area (Å²) in [7, 11) is -3.24. The van der Waals surface area contributed by atoms with Crippen molar-refractivity contribution in [2.75, 3.05) is 39.1 Å². The van der Waals surface area contributed by atoms with Gasteiger partial charge < -0.3 is 4.74 Å². The molecule has 186 valence electrons. The van der Waals surface area contributed by atoms with Gasteiger partial charge in [-0.25, -0.2) is 17.7 Å². The molecule has 0 bridgehead atoms. The van der Waals surface area contributed by atoms with Gasteiger partial charge in [0, 0.05) is 49.8 Å². The zero-order valence-electron chi connectivity index (χ0n) is 20.1. The first-order chi connectivity index (χ1) is 17.3. The van der Waals surface area contributed by atoms with Gasteiger partial charge in [0.2, 0.25) is 10.0 Å². The molecule has 3 aromatic rings. The highest BCUT2D eigenvalue weighted by Gasteiger charge is 2.51. The third kappa shape index (κ3) is 4.11. The third-order valence-corrected chi connectivity index (χ3v) is 8.73. The fourth-order valence-corrected chi connectivity index (χ4v) is 6.34. The maximum atomic E-state index is 13.6. The third-order valence-electron chi connectivity index (χ3n) is 7.46. The molecule has 2 unspecified atom stereocenters. The molecule has 2 saturated heterocycles. The molecule has 1 aromatic heterocycles. The molecule has 2 atom stereocenters. The van der Waals surface area contributed by atoms with Crippen LogP contribution in [-0.4, -0.2) is 79.0 Å². The average Bonchev–Trinajstić information content (AvgIpc) is 3.61. The van der Waals surface area contributed by atoms with Gasteiger partial charge in [0.1, 0.15) is 5.84 Å². The lowest BCUT2D eigenvalue weighted by Crippen LogP contribution is -2.45. The molecule has 0 saturated carbocycles. The highest BCUT2D eigenvalue weighted by atomic mass is 32.2. The number of benzene rings is 2. The zero-order chi connectivity index (χ0) is 24.9. The lowest BCUT2D eigenvalue weighted by atomic mass is 9.98. The van der Waals surface area contributed by atoms with Crippen molar-refractivity contribution in [1.82, 2.24) is 14.2 Å². The molecule has 0 radical (unpaired) electrons. The first-order valence-electron chi connectivity index (χ1n) is 12.2. The van der Waals surface area contributed by atoms with E-state index in [1.54, 1.807) is 11.1 Å². The number of aliphatic imine (C=N–C) groups is 1. The van der Waals surface area contributed by atoms with Gasteiger partial charge >= 0.3 is 0 Å². The van der Waals surface area contributed by atoms with Crippen LogP contribution in [0.1, 0.15) is 18.4 Å². The van der Waals surface area contributed by atoms with Gasteiger partial charge in [-0.05, 0) is 35.6 Å². The molecule has 9 heteroatoms. The van der Waals surface area contributed by atoms with Crippen LogP contribution in [0.2, 0.25) is 0 Å². The molecule has 36 heavy (non-hydrogen) atoms. The summed E-state index contributed by atoms with van der Waals surface area (Å²) >= 11 is 0. The highest BCUT2D eigenvalue weighted by Crippen LogP contribution is 2.35. The van der Waals surface area contributed by atoms with E-state index in [4.69, 9.17) is 9.73 Å². The van der Waals surface area contributed by atoms with Gasteiger partial charge in [0.05, 0.1) is 18.4 Å². The quantitative estimate of drug-likeness (QED) is 0.533. The second-order valence-electron chi connectivity index (χ2n) is 9.95. The maximum absolute atomic E-state index is 13.6. The van der Waals surface area contributed by atoms with Gasteiger partial charge in [-0.1, -0.05) is 42.5 Å². The molecule has 1 spiro atoms. The number of hydrogen-bond donors (Lipinski definition) is 0. The zero-order valence-corrected chi connectivity index (χ0v) is 20.9. The highest BCUT2D eigenvalue weighted by molar-refractivity contribution is 7.88. The number of amidine groups is 1. The Morgan fingerprint density at radius 3 is 2.58 bits per heavy atom. The summed E-state index contributed by atoms with van der Waals surface area (Å²) in [5.41, 5.74) is 3.07. The van der Waals surface area contributed by atoms with Crippen LogP contribution in [0, 0.1) is 5.92 Å². The van der Waals surface area contributed by atoms with E-state index in [1.807, 2.05) is 36.4 Å². The summed E-state index contributed by atoms with van der Waals surface area (Å²) < 4.78 is 31.1. The minimum Gasteiger partial charge on any atom is -0.378 e. The maximum Gasteiger partial charge on any atom is 0.258 e. The van der Waals surface area contributed by atoms with E-state index < -0.39 is 15.6 Å². The number of sulfonamides is 1. The Morgan fingerprint density at radius 1 is 1.08 bits per heavy atom. The van der Waals surface area contributed by atoms with Crippen molar-refractivity contribution < 1.29 is 17.9 Å². The van der Waals surface area contributed by atoms with Crippen molar-refractivity contribution >= 4 is 32.7 Å². The summed E-state index contributed by atoms with van der Waals surface area (Å²) in [5, 5.41) is 1.10. The number of pyridine rings is 1. The molecular formula is C27H28N4O4S. The summed E-state index contributed by atoms with van der Waals surface area (Å²) in [6.07, 6.45) is 4.32. The Kier molecular flexibility index (Phi) is 5.66. The van der Waals surface area contributed by atoms with Crippen LogP contribution in [0.4, 0.5) is 0 Å². The number of rotatable bonds is 5. The smallest absolute Gasteiger partial charge is 0.258 e. The number of carbonyl (C=O) groups excluding carboxylic acids is 1. The van der Waals surface area contributed by atoms with E-state index in [1.165, 1.54) is 10.6 Å². The van der Waals surface area contributed by atoms with Crippen LogP contribution >= 0.6 is 0 Å². The van der Waals surface area contributed by atoms with Crippen molar-refractivity contribution in [1.29, 1.82) is 0 Å². The first kappa shape index (κ1) is 23.3. The topological polar surface area (TPSA) is 92.2 Å². The van der Waals surface area contributed by atoms with E-state index in [-0.39, 0.29) is 18.4 Å². The standard InChI is InChI=1S/C27H28N4O4S/c1-36(33,34)30-13-10-19(16-30)17-31-25(29-27(26(31)32)11-14-35-18-27)22-7-4-20(5-8-22)23-9-6-21-3-2-12-28-24(21)15-23/h2-9,12,15,19H,10-11,13-14,16-18H2,1H3. The predicted octanol–water partition coefficient (Wildman–Crippen LogP) is 2.93. The van der Waals surface area contributed by atoms with Crippen molar-refractivity contribution in [2.24, 2.45) is 10.9 Å². The van der Waals surface area contributed by atoms with E-state index in [0.717, 1.165) is 34.0 Å². The minimum absolute atomic E-state index is 0.0440. The van der Waals surface area contributed by atoms with E-state index >= 15 is 0 Å². The van der Waals surface area contributed by atoms with Gasteiger partial charge in [-0.15, -0.1) is 0 Å². The predicted molar refractivity (Wildman–Crippen MR) is 138 cm³/mol. The van der Waals surface area contributed by atoms with E-state index in [9.17, 15) is 13.2 Å². The Balaban J connectivity index is 1.29. The summed E-state index contributed by atoms with van der Waals surface area (Å²) in [5.74, 6) is 0.670. The fraction of sp³-hybridized carbons (Fsp3) is 0.370. The number of nitrogens with zero attached hydrogens (tertiary/aromatic N) is 4. The molecule has 4 heterocycles. The molecule has 3 aliphatic heterocycles. The number of hydrogen-bond acceptors (Lipinski definition) is 6. The van der Waals surface area contributed by atoms with Crippen molar-refractivity contribution in [3.8, 4) is 11.1 Å². The van der Waals surface area contributed by atoms with Crippen molar-refractivity contribution in [2.45, 2.75) is 18.4 Å². The Labute approximate surface area is 210 Å². The average molecular weight is 505 g/mol. The van der Waals surface area contributed by atoms with Crippen LogP contribution in [0.25, 0.3) is 22.0 Å². The van der Waals surface area contributed by atoms with Crippen molar-refractivity contribution in [3.63, 3.8) is 0 Å². The molecule has 3 aliphatic rings. The Morgan fingerprint density at radius 2 is 1.86 bits per heavy atom. The second-order valence-corrected chi connectivity index (χ2v) is 11.9. The summed E-state index contributed by atoms with van der Waals surface area (Å²) in [6, 6.07) is 18.3. The number of aromatic nitrogens is 1. The number of amides is 1. The van der Waals surface area contributed by atoms with Crippen LogP contribution in [0.5, 0.6) is 0 Å². The molecule has 0 N–H and O–H groups in total. The molecule has 2 fully saturated rings. The van der Waals surface area contributed by atoms with Gasteiger partial charge in [0.15, 0.2) is 5.54 Å². The number of ether oxygens (including phenoxy) is 1. The van der Waals surface area contributed by atoms with Gasteiger partial charge in [0.25, 0.3) is 5.91 Å². The summed E-state index contributed by atoms with van der Waals surface area (Å²) in [4.78, 5) is 24.7. The molecule has 0 aliphatic carbocycles. The van der Waals surface area contributed by atoms with Crippen LogP contribution < -0.4 is 0 Å². The van der Waals surface area contributed by atoms with E-state index in [0.29, 0.717) is 38.5 Å². The van der Waals surface area contributed by atoms with Gasteiger partial charge in [-0.2, -0.15) is 0 Å². The largest absolute Gasteiger partial charge is 0.378 e. The number of fused-ring (bicyclic) bond motifs is 1. The van der Waals surface area contributed by atoms with E-state index in [2.05, 4.69) is 23.2 Å². The first-order valence-corrected chi connectivity index (χ1v) is 14.1. The molecule has 1 amide bonds. The normalized spacial score (nSPS) is 24.8. The molecular weight excluding hydrogens is 476 g/mol. The SMILES string of the molecule is CS(=O)(=O)N1CCC(CN2C(=O)C3(CCOC3)N=C2c2ccc(-c3ccc4cccnc4c3)cc2)C1. The minimum atomic E-state index is -3.24. The van der Waals surface area contributed by atoms with Crippen LogP contribution in [0.15, 0.2) is 65.8 Å². The van der Waals surface area contributed by atoms with Crippen LogP contribution in [0.3, 0.4) is 0 Å². The Hall–Kier alpha value is -3.14. The molecule has 8 nitrogen and oxygen atoms in total. The summed E-state index contributed by atoms with van der Waals surface area (Å²) in [6.45, 7) is 2.16. The lowest BCUT2D eigenvalue weighted by molar-refractivity contribution is -0.131. The molecule has 6 rings (SSSR count). The fourth-order valence-electron chi connectivity index (χ4n) is 5.42. The van der Waals surface area contributed by atoms with Gasteiger partial charge in [-0.3, -0.25) is 14.7 Å². The van der Waals surface area contributed by atoms with Crippen LogP contribution in [-0.2, 0) is 19.6 Å². The number of carbonyl (C=O) groups is 1.